The summed E-state index contributed by atoms with van der Waals surface area (Å²) < 4.78 is 0. The number of hydrogen-bond donors (Lipinski definition) is 1. The molecule has 2 amide bonds. The van der Waals surface area contributed by atoms with Crippen LogP contribution in [0.4, 0.5) is 0 Å². The minimum atomic E-state index is -0.575. The molecule has 1 fully saturated rings. The third-order valence-corrected chi connectivity index (χ3v) is 7.80. The first-order valence-electron chi connectivity index (χ1n) is 11.5. The van der Waals surface area contributed by atoms with Crippen molar-refractivity contribution in [2.45, 2.75) is 70.3 Å². The van der Waals surface area contributed by atoms with Crippen molar-refractivity contribution < 1.29 is 9.59 Å². The molecule has 178 valence electrons. The van der Waals surface area contributed by atoms with E-state index in [1.54, 1.807) is 35.7 Å². The Labute approximate surface area is 211 Å². The number of aryl methyl sites for hydroxylation is 1. The number of halogens is 2. The van der Waals surface area contributed by atoms with Gasteiger partial charge in [0.1, 0.15) is 6.04 Å². The maximum absolute atomic E-state index is 13.2. The first-order chi connectivity index (χ1) is 15.8. The van der Waals surface area contributed by atoms with E-state index < -0.39 is 6.04 Å². The minimum Gasteiger partial charge on any atom is -0.352 e. The van der Waals surface area contributed by atoms with E-state index in [0.717, 1.165) is 37.0 Å². The molecule has 3 rings (SSSR count). The number of amides is 2. The highest BCUT2D eigenvalue weighted by atomic mass is 35.5. The molecule has 0 radical (unpaired) electrons. The fraction of sp³-hybridized carbons (Fsp3) is 0.462. The average Bonchev–Trinajstić information content (AvgIpc) is 2.81. The highest BCUT2D eigenvalue weighted by Crippen LogP contribution is 2.24. The van der Waals surface area contributed by atoms with Gasteiger partial charge in [-0.15, -0.1) is 11.8 Å². The van der Waals surface area contributed by atoms with Crippen LogP contribution in [0.5, 0.6) is 0 Å². The van der Waals surface area contributed by atoms with Crippen LogP contribution in [0.25, 0.3) is 0 Å². The van der Waals surface area contributed by atoms with E-state index >= 15 is 0 Å². The van der Waals surface area contributed by atoms with Gasteiger partial charge in [0.05, 0.1) is 15.8 Å². The molecule has 4 nitrogen and oxygen atoms in total. The second-order valence-corrected chi connectivity index (χ2v) is 10.6. The van der Waals surface area contributed by atoms with Crippen molar-refractivity contribution in [3.05, 3.63) is 69.2 Å². The van der Waals surface area contributed by atoms with Crippen molar-refractivity contribution in [3.8, 4) is 0 Å². The largest absolute Gasteiger partial charge is 0.352 e. The maximum Gasteiger partial charge on any atom is 0.242 e. The van der Waals surface area contributed by atoms with Crippen molar-refractivity contribution in [1.29, 1.82) is 0 Å². The summed E-state index contributed by atoms with van der Waals surface area (Å²) in [6.07, 6.45) is 5.51. The zero-order valence-corrected chi connectivity index (χ0v) is 21.6. The molecule has 0 aromatic heterocycles. The second-order valence-electron chi connectivity index (χ2n) is 8.77. The van der Waals surface area contributed by atoms with Gasteiger partial charge in [-0.3, -0.25) is 9.59 Å². The van der Waals surface area contributed by atoms with Gasteiger partial charge in [-0.1, -0.05) is 78.4 Å². The van der Waals surface area contributed by atoms with E-state index in [0.29, 0.717) is 22.3 Å². The molecule has 0 spiro atoms. The van der Waals surface area contributed by atoms with E-state index in [-0.39, 0.29) is 17.9 Å². The van der Waals surface area contributed by atoms with Crippen molar-refractivity contribution in [2.75, 3.05) is 5.75 Å². The van der Waals surface area contributed by atoms with Gasteiger partial charge in [-0.25, -0.2) is 0 Å². The number of hydrogen-bond acceptors (Lipinski definition) is 3. The van der Waals surface area contributed by atoms with Gasteiger partial charge in [-0.2, -0.15) is 0 Å². The third kappa shape index (κ3) is 7.94. The Balaban J connectivity index is 1.67. The van der Waals surface area contributed by atoms with Crippen molar-refractivity contribution in [1.82, 2.24) is 10.2 Å². The Morgan fingerprint density at radius 3 is 2.36 bits per heavy atom. The van der Waals surface area contributed by atoms with Crippen molar-refractivity contribution in [2.24, 2.45) is 0 Å². The fourth-order valence-electron chi connectivity index (χ4n) is 4.01. The van der Waals surface area contributed by atoms with E-state index in [1.165, 1.54) is 17.5 Å². The summed E-state index contributed by atoms with van der Waals surface area (Å²) in [7, 11) is 0. The molecule has 0 bridgehead atoms. The minimum absolute atomic E-state index is 0.0653. The SMILES string of the molecule is Cc1ccc(CSCC(=O)N(Cc2ccc(Cl)c(Cl)c2)[C@H](C)C(=O)NC2CCCCC2)cc1. The first kappa shape index (κ1) is 25.9. The molecule has 0 aliphatic heterocycles. The molecular formula is C26H32Cl2N2O2S. The standard InChI is InChI=1S/C26H32Cl2N2O2S/c1-18-8-10-20(11-9-18)16-33-17-25(31)30(15-21-12-13-23(27)24(28)14-21)19(2)26(32)29-22-6-4-3-5-7-22/h8-14,19,22H,3-7,15-17H2,1-2H3,(H,29,32)/t19-/m1/s1. The molecule has 1 aliphatic carbocycles. The van der Waals surface area contributed by atoms with E-state index in [2.05, 4.69) is 36.5 Å². The highest BCUT2D eigenvalue weighted by Gasteiger charge is 2.28. The molecule has 1 saturated carbocycles. The van der Waals surface area contributed by atoms with Crippen LogP contribution >= 0.6 is 35.0 Å². The van der Waals surface area contributed by atoms with Crippen LogP contribution in [0.2, 0.25) is 10.0 Å². The molecule has 7 heteroatoms. The summed E-state index contributed by atoms with van der Waals surface area (Å²) in [4.78, 5) is 27.9. The van der Waals surface area contributed by atoms with Crippen LogP contribution in [0, 0.1) is 6.92 Å². The molecular weight excluding hydrogens is 475 g/mol. The van der Waals surface area contributed by atoms with Gasteiger partial charge in [0.25, 0.3) is 0 Å². The fourth-order valence-corrected chi connectivity index (χ4v) is 5.20. The van der Waals surface area contributed by atoms with Crippen LogP contribution < -0.4 is 5.32 Å². The molecule has 0 saturated heterocycles. The van der Waals surface area contributed by atoms with Gasteiger partial charge >= 0.3 is 0 Å². The van der Waals surface area contributed by atoms with Gasteiger partial charge in [0.15, 0.2) is 0 Å². The number of benzene rings is 2. The van der Waals surface area contributed by atoms with Crippen LogP contribution in [-0.2, 0) is 21.9 Å². The average molecular weight is 508 g/mol. The van der Waals surface area contributed by atoms with E-state index in [9.17, 15) is 9.59 Å². The van der Waals surface area contributed by atoms with E-state index in [4.69, 9.17) is 23.2 Å². The van der Waals surface area contributed by atoms with Crippen LogP contribution in [0.15, 0.2) is 42.5 Å². The maximum atomic E-state index is 13.2. The van der Waals surface area contributed by atoms with Crippen molar-refractivity contribution >= 4 is 46.8 Å². The monoisotopic (exact) mass is 506 g/mol. The number of nitrogens with one attached hydrogen (secondary N) is 1. The molecule has 0 heterocycles. The predicted molar refractivity (Wildman–Crippen MR) is 139 cm³/mol. The lowest BCUT2D eigenvalue weighted by molar-refractivity contribution is -0.139. The van der Waals surface area contributed by atoms with Crippen LogP contribution in [0.3, 0.4) is 0 Å². The Bertz CT molecular complexity index is 946. The Morgan fingerprint density at radius 2 is 1.70 bits per heavy atom. The quantitative estimate of drug-likeness (QED) is 0.427. The normalized spacial score (nSPS) is 15.2. The Kier molecular flexibility index (Phi) is 9.96. The number of nitrogens with zero attached hydrogens (tertiary/aromatic N) is 1. The molecule has 2 aromatic rings. The lowest BCUT2D eigenvalue weighted by atomic mass is 9.95. The summed E-state index contributed by atoms with van der Waals surface area (Å²) in [6.45, 7) is 4.17. The number of rotatable bonds is 9. The van der Waals surface area contributed by atoms with Crippen LogP contribution in [0.1, 0.15) is 55.7 Å². The second kappa shape index (κ2) is 12.7. The Hall–Kier alpha value is -1.69. The lowest BCUT2D eigenvalue weighted by Gasteiger charge is -2.31. The first-order valence-corrected chi connectivity index (χ1v) is 13.4. The summed E-state index contributed by atoms with van der Waals surface area (Å²) in [5.74, 6) is 0.884. The predicted octanol–water partition coefficient (Wildman–Crippen LogP) is 6.40. The third-order valence-electron chi connectivity index (χ3n) is 6.07. The summed E-state index contributed by atoms with van der Waals surface area (Å²) in [5.41, 5.74) is 3.24. The molecule has 1 atom stereocenters. The van der Waals surface area contributed by atoms with Crippen LogP contribution in [-0.4, -0.2) is 34.6 Å². The zero-order valence-electron chi connectivity index (χ0n) is 19.3. The summed E-state index contributed by atoms with van der Waals surface area (Å²) in [5, 5.41) is 4.07. The van der Waals surface area contributed by atoms with Gasteiger partial charge in [0, 0.05) is 18.3 Å². The number of thioether (sulfide) groups is 1. The number of carbonyl (C=O) groups is 2. The van der Waals surface area contributed by atoms with Gasteiger partial charge in [-0.05, 0) is 49.9 Å². The molecule has 2 aromatic carbocycles. The van der Waals surface area contributed by atoms with Crippen molar-refractivity contribution in [3.63, 3.8) is 0 Å². The summed E-state index contributed by atoms with van der Waals surface area (Å²) in [6, 6.07) is 13.3. The highest BCUT2D eigenvalue weighted by molar-refractivity contribution is 7.99. The number of carbonyl (C=O) groups excluding carboxylic acids is 2. The Morgan fingerprint density at radius 1 is 1.03 bits per heavy atom. The molecule has 1 aliphatic rings. The van der Waals surface area contributed by atoms with Gasteiger partial charge in [0.2, 0.25) is 11.8 Å². The van der Waals surface area contributed by atoms with E-state index in [1.807, 2.05) is 6.07 Å². The summed E-state index contributed by atoms with van der Waals surface area (Å²) >= 11 is 13.8. The molecule has 1 N–H and O–H groups in total. The molecule has 0 unspecified atom stereocenters. The van der Waals surface area contributed by atoms with Gasteiger partial charge < -0.3 is 10.2 Å². The smallest absolute Gasteiger partial charge is 0.242 e. The zero-order chi connectivity index (χ0) is 23.8. The topological polar surface area (TPSA) is 49.4 Å². The lowest BCUT2D eigenvalue weighted by Crippen LogP contribution is -2.50. The molecule has 33 heavy (non-hydrogen) atoms.